The smallest absolute Gasteiger partial charge is 0.319 e. The van der Waals surface area contributed by atoms with Crippen LogP contribution in [0.2, 0.25) is 0 Å². The first kappa shape index (κ1) is 17.8. The van der Waals surface area contributed by atoms with Crippen molar-refractivity contribution in [3.05, 3.63) is 59.4 Å². The van der Waals surface area contributed by atoms with Gasteiger partial charge in [-0.05, 0) is 48.2 Å². The van der Waals surface area contributed by atoms with Gasteiger partial charge in [0.25, 0.3) is 0 Å². The molecule has 0 heterocycles. The highest BCUT2D eigenvalue weighted by atomic mass is 19.1. The summed E-state index contributed by atoms with van der Waals surface area (Å²) in [5.41, 5.74) is 3.12. The molecule has 0 aliphatic rings. The molecule has 2 N–H and O–H groups in total. The second kappa shape index (κ2) is 8.91. The second-order valence-electron chi connectivity index (χ2n) is 5.34. The van der Waals surface area contributed by atoms with Gasteiger partial charge in [-0.15, -0.1) is 0 Å². The molecular weight excluding hydrogens is 307 g/mol. The lowest BCUT2D eigenvalue weighted by Gasteiger charge is -2.15. The molecule has 0 saturated heterocycles. The highest BCUT2D eigenvalue weighted by Crippen LogP contribution is 2.22. The normalized spacial score (nSPS) is 10.3. The van der Waals surface area contributed by atoms with Crippen LogP contribution in [0.4, 0.5) is 14.9 Å². The molecule has 5 heteroatoms. The molecule has 0 bridgehead atoms. The van der Waals surface area contributed by atoms with Gasteiger partial charge in [-0.1, -0.05) is 32.0 Å². The molecule has 0 saturated carbocycles. The molecule has 4 nitrogen and oxygen atoms in total. The van der Waals surface area contributed by atoms with Crippen LogP contribution in [0.1, 0.15) is 25.0 Å². The molecule has 2 rings (SSSR count). The fourth-order valence-corrected chi connectivity index (χ4v) is 2.43. The molecule has 2 aromatic carbocycles. The van der Waals surface area contributed by atoms with Crippen molar-refractivity contribution >= 4 is 11.7 Å². The van der Waals surface area contributed by atoms with Gasteiger partial charge >= 0.3 is 6.03 Å². The number of ether oxygens (including phenoxy) is 1. The van der Waals surface area contributed by atoms with Gasteiger partial charge in [0, 0.05) is 5.69 Å². The van der Waals surface area contributed by atoms with Crippen molar-refractivity contribution in [2.75, 3.05) is 18.5 Å². The summed E-state index contributed by atoms with van der Waals surface area (Å²) in [6, 6.07) is 11.6. The summed E-state index contributed by atoms with van der Waals surface area (Å²) in [6.45, 7) is 4.80. The summed E-state index contributed by atoms with van der Waals surface area (Å²) in [5, 5.41) is 5.70. The summed E-state index contributed by atoms with van der Waals surface area (Å²) in [7, 11) is 0. The zero-order valence-electron chi connectivity index (χ0n) is 14.1. The first-order valence-electron chi connectivity index (χ1n) is 8.18. The molecule has 0 radical (unpaired) electrons. The van der Waals surface area contributed by atoms with Crippen LogP contribution in [-0.4, -0.2) is 19.2 Å². The third kappa shape index (κ3) is 4.98. The number of urea groups is 1. The third-order valence-electron chi connectivity index (χ3n) is 3.71. The van der Waals surface area contributed by atoms with E-state index in [-0.39, 0.29) is 11.8 Å². The lowest BCUT2D eigenvalue weighted by atomic mass is 10.0. The van der Waals surface area contributed by atoms with E-state index in [0.717, 1.165) is 29.7 Å². The van der Waals surface area contributed by atoms with E-state index in [2.05, 4.69) is 24.5 Å². The Morgan fingerprint density at radius 3 is 2.25 bits per heavy atom. The molecule has 128 valence electrons. The lowest BCUT2D eigenvalue weighted by Crippen LogP contribution is -2.32. The SMILES string of the molecule is CCc1cccc(CC)c1NC(=O)NCCOc1ccc(F)cc1. The maximum atomic E-state index is 12.8. The maximum Gasteiger partial charge on any atom is 0.319 e. The zero-order chi connectivity index (χ0) is 17.4. The molecule has 0 aromatic heterocycles. The average molecular weight is 330 g/mol. The molecule has 0 spiro atoms. The van der Waals surface area contributed by atoms with Crippen LogP contribution < -0.4 is 15.4 Å². The van der Waals surface area contributed by atoms with Crippen LogP contribution >= 0.6 is 0 Å². The van der Waals surface area contributed by atoms with Gasteiger partial charge < -0.3 is 15.4 Å². The van der Waals surface area contributed by atoms with Crippen LogP contribution in [0.25, 0.3) is 0 Å². The van der Waals surface area contributed by atoms with E-state index in [9.17, 15) is 9.18 Å². The van der Waals surface area contributed by atoms with Crippen molar-refractivity contribution in [1.82, 2.24) is 5.32 Å². The van der Waals surface area contributed by atoms with Gasteiger partial charge in [-0.2, -0.15) is 0 Å². The molecule has 2 aromatic rings. The molecular formula is C19H23FN2O2. The number of halogens is 1. The summed E-state index contributed by atoms with van der Waals surface area (Å²) in [4.78, 5) is 12.1. The van der Waals surface area contributed by atoms with E-state index in [1.807, 2.05) is 18.2 Å². The number of aryl methyl sites for hydroxylation is 2. The predicted molar refractivity (Wildman–Crippen MR) is 94.1 cm³/mol. The largest absolute Gasteiger partial charge is 0.492 e. The van der Waals surface area contributed by atoms with E-state index in [1.54, 1.807) is 12.1 Å². The van der Waals surface area contributed by atoms with Crippen molar-refractivity contribution < 1.29 is 13.9 Å². The number of benzene rings is 2. The van der Waals surface area contributed by atoms with Crippen LogP contribution in [-0.2, 0) is 12.8 Å². The Kier molecular flexibility index (Phi) is 6.61. The second-order valence-corrected chi connectivity index (χ2v) is 5.34. The van der Waals surface area contributed by atoms with E-state index in [0.29, 0.717) is 18.9 Å². The Labute approximate surface area is 142 Å². The molecule has 0 atom stereocenters. The number of rotatable bonds is 7. The minimum Gasteiger partial charge on any atom is -0.492 e. The van der Waals surface area contributed by atoms with Crippen LogP contribution in [0.5, 0.6) is 5.75 Å². The summed E-state index contributed by atoms with van der Waals surface area (Å²) in [5.74, 6) is 0.268. The monoisotopic (exact) mass is 330 g/mol. The van der Waals surface area contributed by atoms with Crippen molar-refractivity contribution in [3.63, 3.8) is 0 Å². The van der Waals surface area contributed by atoms with Gasteiger partial charge in [0.1, 0.15) is 18.2 Å². The van der Waals surface area contributed by atoms with Crippen molar-refractivity contribution in [3.8, 4) is 5.75 Å². The van der Waals surface area contributed by atoms with E-state index in [1.165, 1.54) is 12.1 Å². The number of hydrogen-bond donors (Lipinski definition) is 2. The minimum absolute atomic E-state index is 0.256. The number of carbonyl (C=O) groups excluding carboxylic acids is 1. The fraction of sp³-hybridized carbons (Fsp3) is 0.316. The fourth-order valence-electron chi connectivity index (χ4n) is 2.43. The molecule has 0 aliphatic carbocycles. The van der Waals surface area contributed by atoms with E-state index < -0.39 is 0 Å². The Balaban J connectivity index is 1.82. The minimum atomic E-state index is -0.304. The van der Waals surface area contributed by atoms with E-state index in [4.69, 9.17) is 4.74 Å². The molecule has 24 heavy (non-hydrogen) atoms. The Hall–Kier alpha value is -2.56. The molecule has 0 unspecified atom stereocenters. The zero-order valence-corrected chi connectivity index (χ0v) is 14.1. The topological polar surface area (TPSA) is 50.4 Å². The average Bonchev–Trinajstić information content (AvgIpc) is 2.60. The number of carbonyl (C=O) groups is 1. The summed E-state index contributed by atoms with van der Waals surface area (Å²) < 4.78 is 18.2. The number of hydrogen-bond acceptors (Lipinski definition) is 2. The third-order valence-corrected chi connectivity index (χ3v) is 3.71. The Morgan fingerprint density at radius 1 is 1.04 bits per heavy atom. The lowest BCUT2D eigenvalue weighted by molar-refractivity contribution is 0.247. The van der Waals surface area contributed by atoms with Crippen molar-refractivity contribution in [2.45, 2.75) is 26.7 Å². The van der Waals surface area contributed by atoms with Crippen molar-refractivity contribution in [1.29, 1.82) is 0 Å². The van der Waals surface area contributed by atoms with Crippen LogP contribution in [0.3, 0.4) is 0 Å². The summed E-state index contributed by atoms with van der Waals surface area (Å²) >= 11 is 0. The van der Waals surface area contributed by atoms with Crippen LogP contribution in [0.15, 0.2) is 42.5 Å². The maximum absolute atomic E-state index is 12.8. The Morgan fingerprint density at radius 2 is 1.67 bits per heavy atom. The number of anilines is 1. The predicted octanol–water partition coefficient (Wildman–Crippen LogP) is 4.15. The van der Waals surface area contributed by atoms with E-state index >= 15 is 0 Å². The number of amides is 2. The quantitative estimate of drug-likeness (QED) is 0.749. The van der Waals surface area contributed by atoms with Crippen LogP contribution in [0, 0.1) is 5.82 Å². The molecule has 0 aliphatic heterocycles. The van der Waals surface area contributed by atoms with Gasteiger partial charge in [-0.3, -0.25) is 0 Å². The van der Waals surface area contributed by atoms with Gasteiger partial charge in [-0.25, -0.2) is 9.18 Å². The highest BCUT2D eigenvalue weighted by Gasteiger charge is 2.09. The van der Waals surface area contributed by atoms with Crippen molar-refractivity contribution in [2.24, 2.45) is 0 Å². The molecule has 2 amide bonds. The molecule has 0 fully saturated rings. The van der Waals surface area contributed by atoms with Gasteiger partial charge in [0.15, 0.2) is 0 Å². The Bertz CT molecular complexity index is 649. The standard InChI is InChI=1S/C19H23FN2O2/c1-3-14-6-5-7-15(4-2)18(14)22-19(23)21-12-13-24-17-10-8-16(20)9-11-17/h5-11H,3-4,12-13H2,1-2H3,(H2,21,22,23). The number of nitrogens with one attached hydrogen (secondary N) is 2. The van der Waals surface area contributed by atoms with Gasteiger partial charge in [0.05, 0.1) is 6.54 Å². The first-order chi connectivity index (χ1) is 11.6. The highest BCUT2D eigenvalue weighted by molar-refractivity contribution is 5.91. The number of para-hydroxylation sites is 1. The first-order valence-corrected chi connectivity index (χ1v) is 8.18. The van der Waals surface area contributed by atoms with Gasteiger partial charge in [0.2, 0.25) is 0 Å². The summed E-state index contributed by atoms with van der Waals surface area (Å²) in [6.07, 6.45) is 1.72.